The molecule has 6 nitrogen and oxygen atoms in total. The molecule has 1 N–H and O–H groups in total. The van der Waals surface area contributed by atoms with Crippen LogP contribution in [0.5, 0.6) is 0 Å². The molecule has 0 radical (unpaired) electrons. The van der Waals surface area contributed by atoms with Gasteiger partial charge in [-0.2, -0.15) is 0 Å². The Morgan fingerprint density at radius 3 is 2.73 bits per heavy atom. The van der Waals surface area contributed by atoms with E-state index in [4.69, 9.17) is 9.47 Å². The second kappa shape index (κ2) is 5.93. The zero-order valence-electron chi connectivity index (χ0n) is 14.6. The molecule has 1 aliphatic carbocycles. The lowest BCUT2D eigenvalue weighted by Gasteiger charge is -2.35. The maximum Gasteiger partial charge on any atom is 0.233 e. The number of likely N-dealkylation sites (tertiary alicyclic amines) is 1. The number of amides is 2. The number of benzene rings is 1. The Labute approximate surface area is 151 Å². The van der Waals surface area contributed by atoms with Gasteiger partial charge in [-0.1, -0.05) is 18.2 Å². The smallest absolute Gasteiger partial charge is 0.233 e. The Kier molecular flexibility index (Phi) is 3.65. The average molecular weight is 354 g/mol. The molecule has 3 fully saturated rings. The van der Waals surface area contributed by atoms with Crippen molar-refractivity contribution in [3.8, 4) is 0 Å². The van der Waals surface area contributed by atoms with Gasteiger partial charge in [-0.3, -0.25) is 14.5 Å². The van der Waals surface area contributed by atoms with Gasteiger partial charge in [0.1, 0.15) is 0 Å². The molecule has 6 heteroatoms. The monoisotopic (exact) mass is 354 g/mol. The van der Waals surface area contributed by atoms with E-state index in [-0.39, 0.29) is 23.7 Å². The largest absolute Gasteiger partial charge is 0.361 e. The normalized spacial score (nSPS) is 27.6. The number of para-hydroxylation sites is 1. The van der Waals surface area contributed by atoms with E-state index in [1.165, 1.54) is 4.90 Å². The molecule has 2 aromatic rings. The van der Waals surface area contributed by atoms with Gasteiger partial charge in [0.2, 0.25) is 11.8 Å². The number of imide groups is 1. The first-order chi connectivity index (χ1) is 12.7. The Balaban J connectivity index is 1.32. The number of hydrogen-bond donors (Lipinski definition) is 1. The second-order valence-electron chi connectivity index (χ2n) is 7.50. The van der Waals surface area contributed by atoms with Crippen molar-refractivity contribution in [1.82, 2.24) is 9.88 Å². The molecule has 2 atom stereocenters. The molecule has 2 saturated heterocycles. The van der Waals surface area contributed by atoms with Crippen molar-refractivity contribution in [1.29, 1.82) is 0 Å². The summed E-state index contributed by atoms with van der Waals surface area (Å²) >= 11 is 0. The van der Waals surface area contributed by atoms with Crippen LogP contribution in [0.1, 0.15) is 24.8 Å². The summed E-state index contributed by atoms with van der Waals surface area (Å²) in [5.41, 5.74) is 2.21. The molecule has 2 aliphatic heterocycles. The Bertz CT molecular complexity index is 868. The molecule has 3 heterocycles. The summed E-state index contributed by atoms with van der Waals surface area (Å²) in [6, 6.07) is 8.08. The standard InChI is InChI=1S/C20H22N2O4/c23-18-15-5-7-20(25-9-10-26-20)11-16(15)19(24)22(18)8-6-13-12-21-17-4-2-1-3-14(13)17/h1-4,12,15-16,21H,5-11H2/t15-,16-/m0/s1. The molecule has 5 rings (SSSR count). The van der Waals surface area contributed by atoms with Crippen LogP contribution in [-0.4, -0.2) is 47.2 Å². The van der Waals surface area contributed by atoms with Crippen LogP contribution in [0.15, 0.2) is 30.5 Å². The highest BCUT2D eigenvalue weighted by Crippen LogP contribution is 2.46. The Morgan fingerprint density at radius 2 is 1.88 bits per heavy atom. The first-order valence-electron chi connectivity index (χ1n) is 9.35. The minimum Gasteiger partial charge on any atom is -0.361 e. The molecular formula is C20H22N2O4. The third-order valence-electron chi connectivity index (χ3n) is 6.11. The van der Waals surface area contributed by atoms with E-state index in [1.807, 2.05) is 24.4 Å². The Hall–Kier alpha value is -2.18. The number of nitrogens with one attached hydrogen (secondary N) is 1. The molecular weight excluding hydrogens is 332 g/mol. The van der Waals surface area contributed by atoms with Crippen molar-refractivity contribution in [2.24, 2.45) is 11.8 Å². The first kappa shape index (κ1) is 16.0. The number of carbonyl (C=O) groups excluding carboxylic acids is 2. The zero-order chi connectivity index (χ0) is 17.7. The van der Waals surface area contributed by atoms with E-state index in [9.17, 15) is 9.59 Å². The molecule has 26 heavy (non-hydrogen) atoms. The van der Waals surface area contributed by atoms with E-state index < -0.39 is 5.79 Å². The maximum atomic E-state index is 12.9. The van der Waals surface area contributed by atoms with Gasteiger partial charge in [0.25, 0.3) is 0 Å². The lowest BCUT2D eigenvalue weighted by Crippen LogP contribution is -2.41. The molecule has 0 unspecified atom stereocenters. The van der Waals surface area contributed by atoms with Gasteiger partial charge in [-0.25, -0.2) is 0 Å². The van der Waals surface area contributed by atoms with Crippen LogP contribution in [0.4, 0.5) is 0 Å². The fourth-order valence-corrected chi connectivity index (χ4v) is 4.77. The summed E-state index contributed by atoms with van der Waals surface area (Å²) in [5, 5.41) is 1.15. The third kappa shape index (κ3) is 2.40. The molecule has 3 aliphatic rings. The molecule has 0 bridgehead atoms. The van der Waals surface area contributed by atoms with Gasteiger partial charge in [-0.15, -0.1) is 0 Å². The van der Waals surface area contributed by atoms with Crippen molar-refractivity contribution in [2.75, 3.05) is 19.8 Å². The van der Waals surface area contributed by atoms with Gasteiger partial charge in [0.15, 0.2) is 5.79 Å². The van der Waals surface area contributed by atoms with Gasteiger partial charge < -0.3 is 14.5 Å². The predicted molar refractivity (Wildman–Crippen MR) is 94.2 cm³/mol. The molecule has 1 saturated carbocycles. The van der Waals surface area contributed by atoms with Crippen LogP contribution in [0.3, 0.4) is 0 Å². The van der Waals surface area contributed by atoms with Crippen LogP contribution < -0.4 is 0 Å². The van der Waals surface area contributed by atoms with Gasteiger partial charge in [0.05, 0.1) is 25.0 Å². The summed E-state index contributed by atoms with van der Waals surface area (Å²) in [5.74, 6) is -1.21. The minimum absolute atomic E-state index is 0.0207. The maximum absolute atomic E-state index is 12.9. The summed E-state index contributed by atoms with van der Waals surface area (Å²) in [7, 11) is 0. The third-order valence-corrected chi connectivity index (χ3v) is 6.11. The van der Waals surface area contributed by atoms with Crippen molar-refractivity contribution < 1.29 is 19.1 Å². The topological polar surface area (TPSA) is 71.6 Å². The number of H-pyrrole nitrogens is 1. The number of nitrogens with zero attached hydrogens (tertiary/aromatic N) is 1. The number of fused-ring (bicyclic) bond motifs is 2. The van der Waals surface area contributed by atoms with Crippen LogP contribution >= 0.6 is 0 Å². The SMILES string of the molecule is O=C1[C@H]2CCC3(C[C@@H]2C(=O)N1CCc1c[nH]c2ccccc12)OCCO3. The average Bonchev–Trinajstić information content (AvgIpc) is 3.34. The quantitative estimate of drug-likeness (QED) is 0.858. The van der Waals surface area contributed by atoms with Crippen molar-refractivity contribution >= 4 is 22.7 Å². The number of ether oxygens (including phenoxy) is 2. The molecule has 2 amide bonds. The first-order valence-corrected chi connectivity index (χ1v) is 9.35. The van der Waals surface area contributed by atoms with Crippen molar-refractivity contribution in [3.63, 3.8) is 0 Å². The van der Waals surface area contributed by atoms with Gasteiger partial charge >= 0.3 is 0 Å². The summed E-state index contributed by atoms with van der Waals surface area (Å²) in [6.45, 7) is 1.58. The zero-order valence-corrected chi connectivity index (χ0v) is 14.6. The lowest BCUT2D eigenvalue weighted by molar-refractivity contribution is -0.193. The predicted octanol–water partition coefficient (Wildman–Crippen LogP) is 2.24. The van der Waals surface area contributed by atoms with E-state index in [1.54, 1.807) is 0 Å². The lowest BCUT2D eigenvalue weighted by atomic mass is 9.77. The number of rotatable bonds is 3. The highest BCUT2D eigenvalue weighted by molar-refractivity contribution is 6.05. The highest BCUT2D eigenvalue weighted by Gasteiger charge is 2.55. The van der Waals surface area contributed by atoms with E-state index in [0.29, 0.717) is 45.4 Å². The summed E-state index contributed by atoms with van der Waals surface area (Å²) in [4.78, 5) is 30.4. The van der Waals surface area contributed by atoms with Crippen molar-refractivity contribution in [2.45, 2.75) is 31.5 Å². The number of carbonyl (C=O) groups is 2. The number of aromatic amines is 1. The Morgan fingerprint density at radius 1 is 1.12 bits per heavy atom. The van der Waals surface area contributed by atoms with Crippen LogP contribution in [0, 0.1) is 11.8 Å². The van der Waals surface area contributed by atoms with Crippen LogP contribution in [0.25, 0.3) is 10.9 Å². The van der Waals surface area contributed by atoms with E-state index >= 15 is 0 Å². The van der Waals surface area contributed by atoms with Crippen LogP contribution in [-0.2, 0) is 25.5 Å². The number of hydrogen-bond acceptors (Lipinski definition) is 4. The molecule has 136 valence electrons. The molecule has 1 aromatic heterocycles. The number of aromatic nitrogens is 1. The molecule has 1 spiro atoms. The minimum atomic E-state index is -0.635. The fourth-order valence-electron chi connectivity index (χ4n) is 4.77. The second-order valence-corrected chi connectivity index (χ2v) is 7.50. The summed E-state index contributed by atoms with van der Waals surface area (Å²) in [6.07, 6.45) is 4.51. The van der Waals surface area contributed by atoms with E-state index in [0.717, 1.165) is 16.5 Å². The van der Waals surface area contributed by atoms with Gasteiger partial charge in [0, 0.05) is 36.5 Å². The highest BCUT2D eigenvalue weighted by atomic mass is 16.7. The fraction of sp³-hybridized carbons (Fsp3) is 0.500. The molecule has 1 aromatic carbocycles. The van der Waals surface area contributed by atoms with E-state index in [2.05, 4.69) is 11.1 Å². The van der Waals surface area contributed by atoms with Crippen molar-refractivity contribution in [3.05, 3.63) is 36.0 Å². The van der Waals surface area contributed by atoms with Crippen LogP contribution in [0.2, 0.25) is 0 Å². The van der Waals surface area contributed by atoms with Gasteiger partial charge in [-0.05, 0) is 24.5 Å². The summed E-state index contributed by atoms with van der Waals surface area (Å²) < 4.78 is 11.5.